The van der Waals surface area contributed by atoms with Gasteiger partial charge in [-0.25, -0.2) is 4.79 Å². The Hall–Kier alpha value is -1.22. The van der Waals surface area contributed by atoms with Crippen molar-refractivity contribution in [3.05, 3.63) is 28.8 Å². The second kappa shape index (κ2) is 7.17. The molecule has 1 fully saturated rings. The normalized spacial score (nSPS) is 15.6. The molecule has 0 bridgehead atoms. The Bertz CT molecular complexity index is 496. The number of hydrogen-bond donors (Lipinski definition) is 1. The van der Waals surface area contributed by atoms with E-state index >= 15 is 0 Å². The van der Waals surface area contributed by atoms with Crippen molar-refractivity contribution < 1.29 is 9.90 Å². The van der Waals surface area contributed by atoms with Crippen molar-refractivity contribution in [2.24, 2.45) is 5.92 Å². The maximum Gasteiger partial charge on any atom is 0.335 e. The van der Waals surface area contributed by atoms with E-state index in [1.807, 2.05) is 6.07 Å². The first-order valence-electron chi connectivity index (χ1n) is 7.78. The number of nitrogens with zero attached hydrogens (tertiary/aromatic N) is 1. The van der Waals surface area contributed by atoms with E-state index in [0.717, 1.165) is 18.7 Å². The highest BCUT2D eigenvalue weighted by molar-refractivity contribution is 6.33. The number of hydrogen-bond acceptors (Lipinski definition) is 2. The summed E-state index contributed by atoms with van der Waals surface area (Å²) >= 11 is 6.36. The van der Waals surface area contributed by atoms with Crippen LogP contribution in [0.5, 0.6) is 0 Å². The Morgan fingerprint density at radius 2 is 2.05 bits per heavy atom. The van der Waals surface area contributed by atoms with E-state index < -0.39 is 5.97 Å². The average Bonchev–Trinajstić information content (AvgIpc) is 2.94. The molecule has 0 amide bonds. The standard InChI is InChI=1S/C17H24ClNO2/c1-12(2)9-10-19(14-5-3-4-6-14)16-8-7-13(17(20)21)11-15(16)18/h7-8,11-12,14H,3-6,9-10H2,1-2H3,(H,20,21). The lowest BCUT2D eigenvalue weighted by molar-refractivity contribution is 0.0697. The zero-order chi connectivity index (χ0) is 15.4. The van der Waals surface area contributed by atoms with Crippen molar-refractivity contribution in [2.45, 2.75) is 52.0 Å². The van der Waals surface area contributed by atoms with Crippen molar-refractivity contribution in [2.75, 3.05) is 11.4 Å². The smallest absolute Gasteiger partial charge is 0.335 e. The van der Waals surface area contributed by atoms with E-state index in [4.69, 9.17) is 16.7 Å². The number of benzene rings is 1. The largest absolute Gasteiger partial charge is 0.478 e. The molecule has 0 saturated heterocycles. The monoisotopic (exact) mass is 309 g/mol. The first kappa shape index (κ1) is 16.2. The van der Waals surface area contributed by atoms with Crippen molar-refractivity contribution in [3.8, 4) is 0 Å². The van der Waals surface area contributed by atoms with Crippen LogP contribution in [-0.2, 0) is 0 Å². The molecule has 1 aromatic rings. The van der Waals surface area contributed by atoms with Gasteiger partial charge in [0.1, 0.15) is 0 Å². The highest BCUT2D eigenvalue weighted by Gasteiger charge is 2.24. The van der Waals surface area contributed by atoms with E-state index in [0.29, 0.717) is 17.0 Å². The van der Waals surface area contributed by atoms with Crippen LogP contribution in [0.25, 0.3) is 0 Å². The molecular formula is C17H24ClNO2. The van der Waals surface area contributed by atoms with Crippen LogP contribution in [0.1, 0.15) is 56.3 Å². The number of halogens is 1. The minimum absolute atomic E-state index is 0.249. The van der Waals surface area contributed by atoms with E-state index in [-0.39, 0.29) is 5.56 Å². The van der Waals surface area contributed by atoms with Crippen LogP contribution in [0.3, 0.4) is 0 Å². The summed E-state index contributed by atoms with van der Waals surface area (Å²) in [6.07, 6.45) is 6.07. The maximum atomic E-state index is 11.0. The Balaban J connectivity index is 2.24. The molecule has 1 saturated carbocycles. The molecule has 1 aliphatic rings. The van der Waals surface area contributed by atoms with Crippen LogP contribution in [0, 0.1) is 5.92 Å². The van der Waals surface area contributed by atoms with Gasteiger partial charge in [-0.2, -0.15) is 0 Å². The van der Waals surface area contributed by atoms with E-state index in [1.54, 1.807) is 12.1 Å². The molecule has 1 N–H and O–H groups in total. The Morgan fingerprint density at radius 1 is 1.38 bits per heavy atom. The second-order valence-corrected chi connectivity index (χ2v) is 6.69. The SMILES string of the molecule is CC(C)CCN(c1ccc(C(=O)O)cc1Cl)C1CCCC1. The lowest BCUT2D eigenvalue weighted by Gasteiger charge is -2.32. The van der Waals surface area contributed by atoms with Gasteiger partial charge >= 0.3 is 5.97 Å². The number of aromatic carboxylic acids is 1. The Morgan fingerprint density at radius 3 is 2.57 bits per heavy atom. The number of carboxylic acid groups (broad SMARTS) is 1. The van der Waals surface area contributed by atoms with E-state index in [2.05, 4.69) is 18.7 Å². The van der Waals surface area contributed by atoms with Gasteiger partial charge in [-0.1, -0.05) is 38.3 Å². The predicted molar refractivity (Wildman–Crippen MR) is 87.5 cm³/mol. The molecule has 0 spiro atoms. The molecule has 3 nitrogen and oxygen atoms in total. The van der Waals surface area contributed by atoms with Crippen molar-refractivity contribution in [1.82, 2.24) is 0 Å². The van der Waals surface area contributed by atoms with Crippen molar-refractivity contribution in [3.63, 3.8) is 0 Å². The maximum absolute atomic E-state index is 11.0. The molecule has 21 heavy (non-hydrogen) atoms. The van der Waals surface area contributed by atoms with Gasteiger partial charge < -0.3 is 10.0 Å². The Kier molecular flexibility index (Phi) is 5.51. The molecule has 1 aromatic carbocycles. The second-order valence-electron chi connectivity index (χ2n) is 6.29. The molecule has 116 valence electrons. The third-order valence-corrected chi connectivity index (χ3v) is 4.52. The summed E-state index contributed by atoms with van der Waals surface area (Å²) in [5, 5.41) is 9.60. The average molecular weight is 310 g/mol. The third-order valence-electron chi connectivity index (χ3n) is 4.22. The zero-order valence-corrected chi connectivity index (χ0v) is 13.6. The molecule has 0 radical (unpaired) electrons. The summed E-state index contributed by atoms with van der Waals surface area (Å²) in [5.41, 5.74) is 1.23. The number of rotatable bonds is 6. The van der Waals surface area contributed by atoms with E-state index in [1.165, 1.54) is 25.7 Å². The fourth-order valence-electron chi connectivity index (χ4n) is 2.99. The highest BCUT2D eigenvalue weighted by Crippen LogP contribution is 2.34. The predicted octanol–water partition coefficient (Wildman–Crippen LogP) is 4.83. The van der Waals surface area contributed by atoms with Crippen molar-refractivity contribution in [1.29, 1.82) is 0 Å². The molecular weight excluding hydrogens is 286 g/mol. The lowest BCUT2D eigenvalue weighted by Crippen LogP contribution is -2.35. The third kappa shape index (κ3) is 4.13. The van der Waals surface area contributed by atoms with Gasteiger partial charge in [-0.3, -0.25) is 0 Å². The summed E-state index contributed by atoms with van der Waals surface area (Å²) < 4.78 is 0. The van der Waals surface area contributed by atoms with Crippen LogP contribution < -0.4 is 4.90 Å². The lowest BCUT2D eigenvalue weighted by atomic mass is 10.1. The fraction of sp³-hybridized carbons (Fsp3) is 0.588. The molecule has 0 unspecified atom stereocenters. The first-order valence-corrected chi connectivity index (χ1v) is 8.16. The summed E-state index contributed by atoms with van der Waals surface area (Å²) in [5.74, 6) is -0.288. The van der Waals surface area contributed by atoms with Gasteiger partial charge in [0.2, 0.25) is 0 Å². The van der Waals surface area contributed by atoms with Gasteiger partial charge in [-0.05, 0) is 43.4 Å². The molecule has 0 atom stereocenters. The van der Waals surface area contributed by atoms with Gasteiger partial charge in [0.25, 0.3) is 0 Å². The Labute approximate surface area is 131 Å². The zero-order valence-electron chi connectivity index (χ0n) is 12.8. The number of anilines is 1. The van der Waals surface area contributed by atoms with Crippen LogP contribution in [0.2, 0.25) is 5.02 Å². The topological polar surface area (TPSA) is 40.5 Å². The molecule has 0 heterocycles. The van der Waals surface area contributed by atoms with Crippen LogP contribution in [-0.4, -0.2) is 23.7 Å². The van der Waals surface area contributed by atoms with Crippen molar-refractivity contribution >= 4 is 23.3 Å². The van der Waals surface area contributed by atoms with E-state index in [9.17, 15) is 4.79 Å². The summed E-state index contributed by atoms with van der Waals surface area (Å²) in [4.78, 5) is 13.4. The molecule has 0 aromatic heterocycles. The van der Waals surface area contributed by atoms with Gasteiger partial charge in [0.15, 0.2) is 0 Å². The molecule has 1 aliphatic carbocycles. The number of carboxylic acids is 1. The highest BCUT2D eigenvalue weighted by atomic mass is 35.5. The summed E-state index contributed by atoms with van der Waals surface area (Å²) in [6, 6.07) is 5.62. The molecule has 0 aliphatic heterocycles. The van der Waals surface area contributed by atoms with Crippen LogP contribution in [0.15, 0.2) is 18.2 Å². The summed E-state index contributed by atoms with van der Waals surface area (Å²) in [6.45, 7) is 5.43. The minimum atomic E-state index is -0.932. The fourth-order valence-corrected chi connectivity index (χ4v) is 3.27. The van der Waals surface area contributed by atoms with Crippen LogP contribution >= 0.6 is 11.6 Å². The van der Waals surface area contributed by atoms with Gasteiger partial charge in [0, 0.05) is 12.6 Å². The summed E-state index contributed by atoms with van der Waals surface area (Å²) in [7, 11) is 0. The molecule has 2 rings (SSSR count). The quantitative estimate of drug-likeness (QED) is 0.818. The molecule has 4 heteroatoms. The van der Waals surface area contributed by atoms with Crippen LogP contribution in [0.4, 0.5) is 5.69 Å². The minimum Gasteiger partial charge on any atom is -0.478 e. The first-order chi connectivity index (χ1) is 9.99. The van der Waals surface area contributed by atoms with Gasteiger partial charge in [-0.15, -0.1) is 0 Å². The number of carbonyl (C=O) groups is 1. The van der Waals surface area contributed by atoms with Gasteiger partial charge in [0.05, 0.1) is 16.3 Å².